The fraction of sp³-hybridized carbons (Fsp3) is 0.375. The van der Waals surface area contributed by atoms with Crippen LogP contribution in [0.25, 0.3) is 10.9 Å². The molecule has 0 radical (unpaired) electrons. The Morgan fingerprint density at radius 2 is 2.29 bits per heavy atom. The zero-order valence-electron chi connectivity index (χ0n) is 12.0. The lowest BCUT2D eigenvalue weighted by Crippen LogP contribution is -2.23. The maximum Gasteiger partial charge on any atom is 0.339 e. The minimum atomic E-state index is -0.932. The number of nitrogens with zero attached hydrogens (tertiary/aromatic N) is 2. The van der Waals surface area contributed by atoms with E-state index in [1.165, 1.54) is 6.20 Å². The predicted molar refractivity (Wildman–Crippen MR) is 80.9 cm³/mol. The number of anilines is 1. The molecule has 1 aliphatic rings. The third-order valence-electron chi connectivity index (χ3n) is 3.98. The zero-order valence-corrected chi connectivity index (χ0v) is 12.0. The Balaban J connectivity index is 2.07. The van der Waals surface area contributed by atoms with Gasteiger partial charge in [0.2, 0.25) is 0 Å². The SMILES string of the molecule is COCC1CCN(c2c(C(=O)O)cnc3ccccc23)C1. The van der Waals surface area contributed by atoms with Gasteiger partial charge >= 0.3 is 5.97 Å². The van der Waals surface area contributed by atoms with E-state index in [-0.39, 0.29) is 5.56 Å². The Morgan fingerprint density at radius 1 is 1.48 bits per heavy atom. The van der Waals surface area contributed by atoms with Gasteiger partial charge in [-0.15, -0.1) is 0 Å². The molecule has 0 bridgehead atoms. The third kappa shape index (κ3) is 2.56. The van der Waals surface area contributed by atoms with Gasteiger partial charge in [0.1, 0.15) is 5.56 Å². The highest BCUT2D eigenvalue weighted by Crippen LogP contribution is 2.33. The first-order chi connectivity index (χ1) is 10.2. The van der Waals surface area contributed by atoms with Crippen molar-refractivity contribution in [2.24, 2.45) is 5.92 Å². The van der Waals surface area contributed by atoms with Crippen LogP contribution in [0.2, 0.25) is 0 Å². The molecule has 0 amide bonds. The lowest BCUT2D eigenvalue weighted by molar-refractivity contribution is 0.0697. The van der Waals surface area contributed by atoms with E-state index < -0.39 is 5.97 Å². The first kappa shape index (κ1) is 13.8. The highest BCUT2D eigenvalue weighted by atomic mass is 16.5. The Bertz CT molecular complexity index is 672. The zero-order chi connectivity index (χ0) is 14.8. The molecule has 1 atom stereocenters. The van der Waals surface area contributed by atoms with Crippen LogP contribution in [0, 0.1) is 5.92 Å². The van der Waals surface area contributed by atoms with Crippen molar-refractivity contribution in [1.29, 1.82) is 0 Å². The number of carboxylic acid groups (broad SMARTS) is 1. The van der Waals surface area contributed by atoms with Gasteiger partial charge in [-0.3, -0.25) is 4.98 Å². The number of pyridine rings is 1. The number of hydrogen-bond donors (Lipinski definition) is 1. The van der Waals surface area contributed by atoms with E-state index in [0.29, 0.717) is 12.5 Å². The topological polar surface area (TPSA) is 62.7 Å². The van der Waals surface area contributed by atoms with Crippen molar-refractivity contribution >= 4 is 22.6 Å². The van der Waals surface area contributed by atoms with Gasteiger partial charge < -0.3 is 14.7 Å². The van der Waals surface area contributed by atoms with Crippen LogP contribution in [0.5, 0.6) is 0 Å². The van der Waals surface area contributed by atoms with Crippen LogP contribution in [0.15, 0.2) is 30.5 Å². The van der Waals surface area contributed by atoms with E-state index in [2.05, 4.69) is 9.88 Å². The number of rotatable bonds is 4. The Morgan fingerprint density at radius 3 is 3.05 bits per heavy atom. The lowest BCUT2D eigenvalue weighted by Gasteiger charge is -2.22. The standard InChI is InChI=1S/C16H18N2O3/c1-21-10-11-6-7-18(9-11)15-12-4-2-3-5-14(12)17-8-13(15)16(19)20/h2-5,8,11H,6-7,9-10H2,1H3,(H,19,20). The summed E-state index contributed by atoms with van der Waals surface area (Å²) in [6.07, 6.45) is 2.48. The van der Waals surface area contributed by atoms with E-state index in [0.717, 1.165) is 36.1 Å². The second-order valence-electron chi connectivity index (χ2n) is 5.40. The maximum absolute atomic E-state index is 11.5. The quantitative estimate of drug-likeness (QED) is 0.935. The van der Waals surface area contributed by atoms with Crippen molar-refractivity contribution < 1.29 is 14.6 Å². The number of benzene rings is 1. The average Bonchev–Trinajstić information content (AvgIpc) is 2.94. The van der Waals surface area contributed by atoms with Crippen LogP contribution >= 0.6 is 0 Å². The number of hydrogen-bond acceptors (Lipinski definition) is 4. The maximum atomic E-state index is 11.5. The molecule has 1 aliphatic heterocycles. The molecule has 1 saturated heterocycles. The van der Waals surface area contributed by atoms with Gasteiger partial charge in [-0.1, -0.05) is 18.2 Å². The largest absolute Gasteiger partial charge is 0.478 e. The molecule has 2 aromatic rings. The predicted octanol–water partition coefficient (Wildman–Crippen LogP) is 2.41. The van der Waals surface area contributed by atoms with Crippen LogP contribution in [0.4, 0.5) is 5.69 Å². The summed E-state index contributed by atoms with van der Waals surface area (Å²) in [6, 6.07) is 7.68. The summed E-state index contributed by atoms with van der Waals surface area (Å²) in [6.45, 7) is 2.38. The van der Waals surface area contributed by atoms with Crippen LogP contribution in [-0.2, 0) is 4.74 Å². The number of aromatic carboxylic acids is 1. The third-order valence-corrected chi connectivity index (χ3v) is 3.98. The highest BCUT2D eigenvalue weighted by Gasteiger charge is 2.27. The van der Waals surface area contributed by atoms with Crippen molar-refractivity contribution in [1.82, 2.24) is 4.98 Å². The number of ether oxygens (including phenoxy) is 1. The van der Waals surface area contributed by atoms with Crippen LogP contribution in [0.1, 0.15) is 16.8 Å². The number of carboxylic acids is 1. The van der Waals surface area contributed by atoms with Gasteiger partial charge in [-0.05, 0) is 12.5 Å². The number of fused-ring (bicyclic) bond motifs is 1. The van der Waals surface area contributed by atoms with Gasteiger partial charge in [-0.2, -0.15) is 0 Å². The van der Waals surface area contributed by atoms with E-state index >= 15 is 0 Å². The monoisotopic (exact) mass is 286 g/mol. The number of carbonyl (C=O) groups is 1. The van der Waals surface area contributed by atoms with Crippen molar-refractivity contribution in [3.8, 4) is 0 Å². The molecule has 1 aromatic heterocycles. The molecule has 0 saturated carbocycles. The molecule has 1 aromatic carbocycles. The molecule has 0 spiro atoms. The average molecular weight is 286 g/mol. The van der Waals surface area contributed by atoms with Crippen LogP contribution in [-0.4, -0.2) is 42.9 Å². The van der Waals surface area contributed by atoms with Crippen LogP contribution in [0.3, 0.4) is 0 Å². The molecular weight excluding hydrogens is 268 g/mol. The summed E-state index contributed by atoms with van der Waals surface area (Å²) >= 11 is 0. The normalized spacial score (nSPS) is 18.3. The van der Waals surface area contributed by atoms with Crippen LogP contribution < -0.4 is 4.90 Å². The number of aromatic nitrogens is 1. The van der Waals surface area contributed by atoms with Gasteiger partial charge in [0.15, 0.2) is 0 Å². The van der Waals surface area contributed by atoms with Crippen molar-refractivity contribution in [2.75, 3.05) is 31.7 Å². The molecule has 21 heavy (non-hydrogen) atoms. The van der Waals surface area contributed by atoms with Crippen molar-refractivity contribution in [3.05, 3.63) is 36.0 Å². The van der Waals surface area contributed by atoms with Gasteiger partial charge in [0.25, 0.3) is 0 Å². The second kappa shape index (κ2) is 5.69. The van der Waals surface area contributed by atoms with E-state index in [4.69, 9.17) is 4.74 Å². The number of methoxy groups -OCH3 is 1. The van der Waals surface area contributed by atoms with Gasteiger partial charge in [0, 0.05) is 37.7 Å². The Hall–Kier alpha value is -2.14. The molecule has 5 heteroatoms. The Kier molecular flexibility index (Phi) is 3.75. The highest BCUT2D eigenvalue weighted by molar-refractivity contribution is 6.04. The fourth-order valence-electron chi connectivity index (χ4n) is 3.03. The summed E-state index contributed by atoms with van der Waals surface area (Å²) in [7, 11) is 1.70. The van der Waals surface area contributed by atoms with E-state index in [1.54, 1.807) is 7.11 Å². The summed E-state index contributed by atoms with van der Waals surface area (Å²) in [5, 5.41) is 10.4. The molecule has 3 rings (SSSR count). The van der Waals surface area contributed by atoms with E-state index in [9.17, 15) is 9.90 Å². The first-order valence-corrected chi connectivity index (χ1v) is 7.05. The minimum Gasteiger partial charge on any atom is -0.478 e. The molecule has 0 aliphatic carbocycles. The Labute approximate surface area is 123 Å². The minimum absolute atomic E-state index is 0.270. The molecule has 2 heterocycles. The molecule has 1 N–H and O–H groups in total. The first-order valence-electron chi connectivity index (χ1n) is 7.05. The lowest BCUT2D eigenvalue weighted by atomic mass is 10.1. The second-order valence-corrected chi connectivity index (χ2v) is 5.40. The smallest absolute Gasteiger partial charge is 0.339 e. The fourth-order valence-corrected chi connectivity index (χ4v) is 3.03. The molecule has 5 nitrogen and oxygen atoms in total. The van der Waals surface area contributed by atoms with Crippen molar-refractivity contribution in [3.63, 3.8) is 0 Å². The summed E-state index contributed by atoms with van der Waals surface area (Å²) in [5.41, 5.74) is 1.88. The van der Waals surface area contributed by atoms with Gasteiger partial charge in [0.05, 0.1) is 17.8 Å². The van der Waals surface area contributed by atoms with E-state index in [1.807, 2.05) is 24.3 Å². The molecule has 1 fully saturated rings. The number of para-hydroxylation sites is 1. The van der Waals surface area contributed by atoms with Crippen molar-refractivity contribution in [2.45, 2.75) is 6.42 Å². The summed E-state index contributed by atoms with van der Waals surface area (Å²) in [5.74, 6) is -0.484. The van der Waals surface area contributed by atoms with Gasteiger partial charge in [-0.25, -0.2) is 4.79 Å². The molecule has 1 unspecified atom stereocenters. The summed E-state index contributed by atoms with van der Waals surface area (Å²) in [4.78, 5) is 17.9. The molecular formula is C16H18N2O3. The molecule has 110 valence electrons. The summed E-state index contributed by atoms with van der Waals surface area (Å²) < 4.78 is 5.22.